The molecule has 20 heavy (non-hydrogen) atoms. The lowest BCUT2D eigenvalue weighted by atomic mass is 9.86. The van der Waals surface area contributed by atoms with Gasteiger partial charge in [0.05, 0.1) is 0 Å². The third-order valence-corrected chi connectivity index (χ3v) is 4.85. The number of carbonyl (C=O) groups is 1. The predicted octanol–water partition coefficient (Wildman–Crippen LogP) is 2.80. The van der Waals surface area contributed by atoms with Crippen molar-refractivity contribution in [1.82, 2.24) is 10.2 Å². The Morgan fingerprint density at radius 2 is 1.90 bits per heavy atom. The zero-order chi connectivity index (χ0) is 14.1. The Hall–Kier alpha value is -1.35. The quantitative estimate of drug-likeness (QED) is 0.898. The molecule has 2 heterocycles. The fraction of sp³-hybridized carbons (Fsp3) is 0.588. The van der Waals surface area contributed by atoms with E-state index in [9.17, 15) is 4.79 Å². The zero-order valence-electron chi connectivity index (χ0n) is 12.5. The highest BCUT2D eigenvalue weighted by Crippen LogP contribution is 2.26. The second-order valence-corrected chi connectivity index (χ2v) is 6.46. The van der Waals surface area contributed by atoms with Crippen LogP contribution in [0.15, 0.2) is 18.2 Å². The van der Waals surface area contributed by atoms with Crippen LogP contribution in [0.3, 0.4) is 0 Å². The van der Waals surface area contributed by atoms with Gasteiger partial charge < -0.3 is 10.2 Å². The first-order chi connectivity index (χ1) is 9.65. The molecule has 108 valence electrons. The maximum atomic E-state index is 12.6. The van der Waals surface area contributed by atoms with Crippen LogP contribution < -0.4 is 5.32 Å². The van der Waals surface area contributed by atoms with Gasteiger partial charge in [0, 0.05) is 31.7 Å². The van der Waals surface area contributed by atoms with Crippen molar-refractivity contribution in [2.45, 2.75) is 39.8 Å². The van der Waals surface area contributed by atoms with E-state index in [0.29, 0.717) is 0 Å². The molecule has 1 N–H and O–H groups in total. The van der Waals surface area contributed by atoms with Crippen LogP contribution >= 0.6 is 0 Å². The Labute approximate surface area is 121 Å². The average Bonchev–Trinajstić information content (AvgIpc) is 2.94. The molecule has 0 unspecified atom stereocenters. The summed E-state index contributed by atoms with van der Waals surface area (Å²) in [5, 5.41) is 3.33. The molecule has 2 aliphatic heterocycles. The van der Waals surface area contributed by atoms with Gasteiger partial charge in [-0.25, -0.2) is 0 Å². The van der Waals surface area contributed by atoms with E-state index in [2.05, 4.69) is 31.3 Å². The van der Waals surface area contributed by atoms with Crippen LogP contribution in [0.1, 0.15) is 48.2 Å². The number of hydrogen-bond acceptors (Lipinski definition) is 2. The van der Waals surface area contributed by atoms with Crippen LogP contribution in [-0.4, -0.2) is 23.9 Å². The number of nitrogens with one attached hydrogen (secondary N) is 1. The highest BCUT2D eigenvalue weighted by atomic mass is 16.2. The van der Waals surface area contributed by atoms with E-state index in [0.717, 1.165) is 56.4 Å². The Balaban J connectivity index is 1.68. The summed E-state index contributed by atoms with van der Waals surface area (Å²) >= 11 is 0. The third-order valence-electron chi connectivity index (χ3n) is 4.85. The highest BCUT2D eigenvalue weighted by Gasteiger charge is 2.25. The van der Waals surface area contributed by atoms with Gasteiger partial charge in [-0.1, -0.05) is 19.9 Å². The van der Waals surface area contributed by atoms with Crippen LogP contribution in [0, 0.1) is 11.8 Å². The van der Waals surface area contributed by atoms with Crippen molar-refractivity contribution in [2.75, 3.05) is 13.1 Å². The molecule has 3 nitrogen and oxygen atoms in total. The predicted molar refractivity (Wildman–Crippen MR) is 80.5 cm³/mol. The van der Waals surface area contributed by atoms with Crippen molar-refractivity contribution < 1.29 is 4.79 Å². The minimum atomic E-state index is 0.210. The molecular formula is C17H24N2O. The number of carbonyl (C=O) groups excluding carboxylic acids is 1. The molecule has 0 aromatic heterocycles. The van der Waals surface area contributed by atoms with Crippen molar-refractivity contribution in [2.24, 2.45) is 11.8 Å². The Bertz CT molecular complexity index is 502. The van der Waals surface area contributed by atoms with E-state index in [1.165, 1.54) is 11.1 Å². The maximum Gasteiger partial charge on any atom is 0.253 e. The number of rotatable bonds is 2. The molecule has 1 fully saturated rings. The molecule has 1 saturated heterocycles. The molecular weight excluding hydrogens is 248 g/mol. The summed E-state index contributed by atoms with van der Waals surface area (Å²) in [4.78, 5) is 14.6. The number of fused-ring (bicyclic) bond motifs is 1. The maximum absolute atomic E-state index is 12.6. The molecule has 0 spiro atoms. The summed E-state index contributed by atoms with van der Waals surface area (Å²) in [5.41, 5.74) is 3.48. The van der Waals surface area contributed by atoms with Gasteiger partial charge in [0.2, 0.25) is 0 Å². The average molecular weight is 272 g/mol. The molecule has 1 amide bonds. The van der Waals surface area contributed by atoms with Gasteiger partial charge in [0.25, 0.3) is 5.91 Å². The Morgan fingerprint density at radius 3 is 2.60 bits per heavy atom. The van der Waals surface area contributed by atoms with Crippen molar-refractivity contribution in [1.29, 1.82) is 0 Å². The largest absolute Gasteiger partial charge is 0.339 e. The fourth-order valence-electron chi connectivity index (χ4n) is 3.38. The Kier molecular flexibility index (Phi) is 3.79. The summed E-state index contributed by atoms with van der Waals surface area (Å²) in [6.07, 6.45) is 2.30. The number of benzene rings is 1. The number of likely N-dealkylation sites (tertiary alicyclic amines) is 1. The number of amides is 1. The molecule has 2 aliphatic rings. The van der Waals surface area contributed by atoms with E-state index in [1.807, 2.05) is 11.0 Å². The first-order valence-corrected chi connectivity index (χ1v) is 7.77. The van der Waals surface area contributed by atoms with E-state index in [4.69, 9.17) is 0 Å². The monoisotopic (exact) mass is 272 g/mol. The minimum absolute atomic E-state index is 0.210. The SMILES string of the molecule is CC(C)C1CCN(C(=O)c2ccc3c(c2)CNC3)CC1. The molecule has 0 saturated carbocycles. The van der Waals surface area contributed by atoms with E-state index < -0.39 is 0 Å². The molecule has 0 bridgehead atoms. The smallest absolute Gasteiger partial charge is 0.253 e. The van der Waals surface area contributed by atoms with Crippen LogP contribution in [0.25, 0.3) is 0 Å². The van der Waals surface area contributed by atoms with Crippen molar-refractivity contribution in [3.8, 4) is 0 Å². The molecule has 3 rings (SSSR count). The zero-order valence-corrected chi connectivity index (χ0v) is 12.5. The van der Waals surface area contributed by atoms with E-state index >= 15 is 0 Å². The number of piperidine rings is 1. The topological polar surface area (TPSA) is 32.3 Å². The summed E-state index contributed by atoms with van der Waals surface area (Å²) < 4.78 is 0. The van der Waals surface area contributed by atoms with Gasteiger partial charge in [-0.3, -0.25) is 4.79 Å². The van der Waals surface area contributed by atoms with Crippen LogP contribution in [-0.2, 0) is 13.1 Å². The van der Waals surface area contributed by atoms with Crippen molar-refractivity contribution in [3.63, 3.8) is 0 Å². The number of nitrogens with zero attached hydrogens (tertiary/aromatic N) is 1. The van der Waals surface area contributed by atoms with E-state index in [1.54, 1.807) is 0 Å². The van der Waals surface area contributed by atoms with Crippen LogP contribution in [0.2, 0.25) is 0 Å². The lowest BCUT2D eigenvalue weighted by Gasteiger charge is -2.34. The summed E-state index contributed by atoms with van der Waals surface area (Å²) in [6.45, 7) is 8.23. The van der Waals surface area contributed by atoms with Crippen LogP contribution in [0.4, 0.5) is 0 Å². The van der Waals surface area contributed by atoms with Crippen molar-refractivity contribution in [3.05, 3.63) is 34.9 Å². The molecule has 3 heteroatoms. The second kappa shape index (κ2) is 5.57. The second-order valence-electron chi connectivity index (χ2n) is 6.46. The normalized spacial score (nSPS) is 19.4. The highest BCUT2D eigenvalue weighted by molar-refractivity contribution is 5.94. The fourth-order valence-corrected chi connectivity index (χ4v) is 3.38. The summed E-state index contributed by atoms with van der Waals surface area (Å²) in [7, 11) is 0. The molecule has 0 atom stereocenters. The first kappa shape index (κ1) is 13.6. The molecule has 0 radical (unpaired) electrons. The minimum Gasteiger partial charge on any atom is -0.339 e. The lowest BCUT2D eigenvalue weighted by Crippen LogP contribution is -2.39. The van der Waals surface area contributed by atoms with E-state index in [-0.39, 0.29) is 5.91 Å². The first-order valence-electron chi connectivity index (χ1n) is 7.77. The van der Waals surface area contributed by atoms with Crippen molar-refractivity contribution >= 4 is 5.91 Å². The number of hydrogen-bond donors (Lipinski definition) is 1. The standard InChI is InChI=1S/C17H24N2O/c1-12(2)13-5-7-19(8-6-13)17(20)14-3-4-15-10-18-11-16(15)9-14/h3-4,9,12-13,18H,5-8,10-11H2,1-2H3. The van der Waals surface area contributed by atoms with Gasteiger partial charge in [-0.15, -0.1) is 0 Å². The summed E-state index contributed by atoms with van der Waals surface area (Å²) in [5.74, 6) is 1.73. The summed E-state index contributed by atoms with van der Waals surface area (Å²) in [6, 6.07) is 6.17. The van der Waals surface area contributed by atoms with Gasteiger partial charge in [0.15, 0.2) is 0 Å². The van der Waals surface area contributed by atoms with Gasteiger partial charge in [-0.2, -0.15) is 0 Å². The van der Waals surface area contributed by atoms with Gasteiger partial charge >= 0.3 is 0 Å². The Morgan fingerprint density at radius 1 is 1.20 bits per heavy atom. The molecule has 1 aromatic carbocycles. The third kappa shape index (κ3) is 2.59. The molecule has 0 aliphatic carbocycles. The van der Waals surface area contributed by atoms with Gasteiger partial charge in [-0.05, 0) is 47.9 Å². The van der Waals surface area contributed by atoms with Gasteiger partial charge in [0.1, 0.15) is 0 Å². The van der Waals surface area contributed by atoms with Crippen LogP contribution in [0.5, 0.6) is 0 Å². The lowest BCUT2D eigenvalue weighted by molar-refractivity contribution is 0.0667. The molecule has 1 aromatic rings.